The second-order valence-electron chi connectivity index (χ2n) is 6.88. The Morgan fingerprint density at radius 3 is 2.34 bits per heavy atom. The average Bonchev–Trinajstić information content (AvgIpc) is 3.37. The van der Waals surface area contributed by atoms with Gasteiger partial charge in [-0.3, -0.25) is 4.98 Å². The lowest BCUT2D eigenvalue weighted by molar-refractivity contribution is 0.483. The third kappa shape index (κ3) is 4.36. The average molecular weight is 483 g/mol. The Hall–Kier alpha value is -3.27. The molecule has 0 saturated heterocycles. The summed E-state index contributed by atoms with van der Waals surface area (Å²) in [4.78, 5) is 9.11. The minimum absolute atomic E-state index is 0.0175. The number of sulfone groups is 1. The van der Waals surface area contributed by atoms with E-state index in [-0.39, 0.29) is 10.1 Å². The standard InChI is InChI=1S/C22H15ClN4O3S2/c23-16-6-10-19(11-7-16)30-18-8-4-15(5-9-18)20-13-27-21(25-20)31-22(26-27)32(28,29)14-17-3-1-2-12-24-17/h1-13H,14H2. The van der Waals surface area contributed by atoms with Gasteiger partial charge in [0.1, 0.15) is 11.5 Å². The lowest BCUT2D eigenvalue weighted by Crippen LogP contribution is -2.06. The second-order valence-corrected chi connectivity index (χ2v) is 10.4. The van der Waals surface area contributed by atoms with Crippen LogP contribution in [0.2, 0.25) is 5.02 Å². The largest absolute Gasteiger partial charge is 0.457 e. The fraction of sp³-hybridized carbons (Fsp3) is 0.0455. The number of pyridine rings is 1. The fourth-order valence-electron chi connectivity index (χ4n) is 3.02. The highest BCUT2D eigenvalue weighted by Gasteiger charge is 2.22. The van der Waals surface area contributed by atoms with Crippen LogP contribution >= 0.6 is 22.9 Å². The molecule has 32 heavy (non-hydrogen) atoms. The first-order valence-corrected chi connectivity index (χ1v) is 12.3. The molecule has 3 aromatic heterocycles. The van der Waals surface area contributed by atoms with Crippen molar-refractivity contribution < 1.29 is 13.2 Å². The van der Waals surface area contributed by atoms with Crippen molar-refractivity contribution in [2.45, 2.75) is 10.1 Å². The molecule has 0 aliphatic heterocycles. The lowest BCUT2D eigenvalue weighted by atomic mass is 10.2. The summed E-state index contributed by atoms with van der Waals surface area (Å²) in [6.45, 7) is 0. The number of ether oxygens (including phenoxy) is 1. The van der Waals surface area contributed by atoms with E-state index in [1.807, 2.05) is 24.3 Å². The highest BCUT2D eigenvalue weighted by Crippen LogP contribution is 2.28. The van der Waals surface area contributed by atoms with E-state index >= 15 is 0 Å². The highest BCUT2D eigenvalue weighted by atomic mass is 35.5. The topological polar surface area (TPSA) is 86.5 Å². The van der Waals surface area contributed by atoms with E-state index in [4.69, 9.17) is 16.3 Å². The predicted molar refractivity (Wildman–Crippen MR) is 123 cm³/mol. The quantitative estimate of drug-likeness (QED) is 0.327. The number of aromatic nitrogens is 4. The maximum absolute atomic E-state index is 12.7. The van der Waals surface area contributed by atoms with Gasteiger partial charge >= 0.3 is 0 Å². The number of benzene rings is 2. The molecule has 0 fully saturated rings. The van der Waals surface area contributed by atoms with Gasteiger partial charge in [0.05, 0.1) is 23.3 Å². The molecule has 0 aliphatic rings. The van der Waals surface area contributed by atoms with Crippen LogP contribution in [0.25, 0.3) is 16.2 Å². The van der Waals surface area contributed by atoms with E-state index in [9.17, 15) is 8.42 Å². The third-order valence-electron chi connectivity index (χ3n) is 4.55. The Labute approximate surface area is 192 Å². The van der Waals surface area contributed by atoms with Crippen LogP contribution in [0.15, 0.2) is 83.5 Å². The van der Waals surface area contributed by atoms with Gasteiger partial charge in [0.15, 0.2) is 0 Å². The molecule has 3 heterocycles. The zero-order chi connectivity index (χ0) is 22.1. The van der Waals surface area contributed by atoms with E-state index < -0.39 is 9.84 Å². The number of rotatable bonds is 6. The SMILES string of the molecule is O=S(=O)(Cc1ccccn1)c1nn2cc(-c3ccc(Oc4ccc(Cl)cc4)cc3)nc2s1. The molecule has 5 rings (SSSR count). The first-order chi connectivity index (χ1) is 15.5. The van der Waals surface area contributed by atoms with Gasteiger partial charge in [-0.25, -0.2) is 17.9 Å². The smallest absolute Gasteiger partial charge is 0.233 e. The van der Waals surface area contributed by atoms with Crippen molar-refractivity contribution in [2.75, 3.05) is 0 Å². The molecule has 0 amide bonds. The predicted octanol–water partition coefficient (Wildman–Crippen LogP) is 5.27. The van der Waals surface area contributed by atoms with Crippen molar-refractivity contribution in [2.24, 2.45) is 0 Å². The van der Waals surface area contributed by atoms with E-state index in [0.717, 1.165) is 16.9 Å². The molecule has 5 aromatic rings. The maximum Gasteiger partial charge on any atom is 0.233 e. The Bertz CT molecular complexity index is 1450. The summed E-state index contributed by atoms with van der Waals surface area (Å²) < 4.78 is 32.7. The number of hydrogen-bond donors (Lipinski definition) is 0. The number of imidazole rings is 1. The van der Waals surface area contributed by atoms with Gasteiger partial charge < -0.3 is 4.74 Å². The van der Waals surface area contributed by atoms with Crippen molar-refractivity contribution in [3.8, 4) is 22.8 Å². The Kier molecular flexibility index (Phi) is 5.38. The first kappa shape index (κ1) is 20.6. The molecule has 0 spiro atoms. The van der Waals surface area contributed by atoms with Gasteiger partial charge in [-0.1, -0.05) is 29.0 Å². The van der Waals surface area contributed by atoms with Crippen LogP contribution in [0.3, 0.4) is 0 Å². The van der Waals surface area contributed by atoms with Crippen LogP contribution in [0, 0.1) is 0 Å². The van der Waals surface area contributed by atoms with Crippen LogP contribution < -0.4 is 4.74 Å². The third-order valence-corrected chi connectivity index (χ3v) is 7.82. The molecule has 160 valence electrons. The summed E-state index contributed by atoms with van der Waals surface area (Å²) in [6, 6.07) is 19.7. The summed E-state index contributed by atoms with van der Waals surface area (Å²) in [5, 5.41) is 4.88. The van der Waals surface area contributed by atoms with E-state index in [0.29, 0.717) is 32.9 Å². The van der Waals surface area contributed by atoms with Crippen molar-refractivity contribution in [1.29, 1.82) is 0 Å². The van der Waals surface area contributed by atoms with Gasteiger partial charge in [0.2, 0.25) is 19.1 Å². The Balaban J connectivity index is 1.34. The monoisotopic (exact) mass is 482 g/mol. The minimum Gasteiger partial charge on any atom is -0.457 e. The van der Waals surface area contributed by atoms with Crippen molar-refractivity contribution in [1.82, 2.24) is 19.6 Å². The molecule has 0 N–H and O–H groups in total. The van der Waals surface area contributed by atoms with Crippen molar-refractivity contribution >= 4 is 37.7 Å². The number of halogens is 1. The van der Waals surface area contributed by atoms with Crippen molar-refractivity contribution in [3.63, 3.8) is 0 Å². The summed E-state index contributed by atoms with van der Waals surface area (Å²) >= 11 is 6.93. The fourth-order valence-corrected chi connectivity index (χ4v) is 5.57. The molecule has 0 saturated carbocycles. The molecule has 0 bridgehead atoms. The van der Waals surface area contributed by atoms with Crippen LogP contribution in [-0.4, -0.2) is 28.0 Å². The number of hydrogen-bond acceptors (Lipinski definition) is 7. The van der Waals surface area contributed by atoms with Gasteiger partial charge in [-0.2, -0.15) is 0 Å². The molecule has 7 nitrogen and oxygen atoms in total. The number of nitrogens with zero attached hydrogens (tertiary/aromatic N) is 4. The zero-order valence-corrected chi connectivity index (χ0v) is 18.8. The Morgan fingerprint density at radius 2 is 1.69 bits per heavy atom. The normalized spacial score (nSPS) is 11.7. The van der Waals surface area contributed by atoms with E-state index in [1.54, 1.807) is 54.9 Å². The molecule has 2 aromatic carbocycles. The van der Waals surface area contributed by atoms with Crippen LogP contribution in [0.5, 0.6) is 11.5 Å². The molecular formula is C22H15ClN4O3S2. The van der Waals surface area contributed by atoms with Gasteiger partial charge in [-0.15, -0.1) is 5.10 Å². The summed E-state index contributed by atoms with van der Waals surface area (Å²) in [6.07, 6.45) is 3.28. The van der Waals surface area contributed by atoms with Crippen LogP contribution in [0.4, 0.5) is 0 Å². The van der Waals surface area contributed by atoms with Crippen molar-refractivity contribution in [3.05, 3.63) is 89.8 Å². The number of fused-ring (bicyclic) bond motifs is 1. The highest BCUT2D eigenvalue weighted by molar-refractivity contribution is 7.92. The van der Waals surface area contributed by atoms with Crippen LogP contribution in [-0.2, 0) is 15.6 Å². The molecular weight excluding hydrogens is 468 g/mol. The molecule has 10 heteroatoms. The summed E-state index contributed by atoms with van der Waals surface area (Å²) in [5.74, 6) is 1.17. The molecule has 0 radical (unpaired) electrons. The van der Waals surface area contributed by atoms with Gasteiger partial charge in [-0.05, 0) is 60.7 Å². The van der Waals surface area contributed by atoms with Crippen LogP contribution in [0.1, 0.15) is 5.69 Å². The molecule has 0 aliphatic carbocycles. The molecule has 0 unspecified atom stereocenters. The minimum atomic E-state index is -3.60. The Morgan fingerprint density at radius 1 is 0.969 bits per heavy atom. The summed E-state index contributed by atoms with van der Waals surface area (Å²) in [5.41, 5.74) is 2.03. The van der Waals surface area contributed by atoms with Gasteiger partial charge in [0, 0.05) is 16.8 Å². The van der Waals surface area contributed by atoms with E-state index in [2.05, 4.69) is 15.1 Å². The first-order valence-electron chi connectivity index (χ1n) is 9.49. The lowest BCUT2D eigenvalue weighted by Gasteiger charge is -2.06. The van der Waals surface area contributed by atoms with E-state index in [1.165, 1.54) is 4.52 Å². The maximum atomic E-state index is 12.7. The summed E-state index contributed by atoms with van der Waals surface area (Å²) in [7, 11) is -3.60. The zero-order valence-electron chi connectivity index (χ0n) is 16.4. The molecule has 0 atom stereocenters. The van der Waals surface area contributed by atoms with Gasteiger partial charge in [0.25, 0.3) is 0 Å². The second kappa shape index (κ2) is 8.34.